The number of hydrogen-bond donors (Lipinski definition) is 1. The third-order valence-corrected chi connectivity index (χ3v) is 7.23. The molecule has 4 fully saturated rings. The smallest absolute Gasteiger partial charge is 0.272 e. The summed E-state index contributed by atoms with van der Waals surface area (Å²) in [5.41, 5.74) is 2.99. The number of anilines is 1. The number of carbonyl (C=O) groups excluding carboxylic acids is 1. The van der Waals surface area contributed by atoms with E-state index in [1.54, 1.807) is 0 Å². The van der Waals surface area contributed by atoms with Crippen LogP contribution in [-0.4, -0.2) is 46.3 Å². The summed E-state index contributed by atoms with van der Waals surface area (Å²) in [6, 6.07) is 8.01. The molecule has 1 aliphatic heterocycles. The first-order chi connectivity index (χ1) is 15.5. The number of fused-ring (bicyclic) bond motifs is 1. The summed E-state index contributed by atoms with van der Waals surface area (Å²) in [5.74, 6) is 3.58. The summed E-state index contributed by atoms with van der Waals surface area (Å²) in [6.45, 7) is 5.51. The molecular formula is C24H27N5O3. The monoisotopic (exact) mass is 433 g/mol. The van der Waals surface area contributed by atoms with Crippen molar-refractivity contribution >= 4 is 22.8 Å². The Morgan fingerprint density at radius 1 is 1.12 bits per heavy atom. The number of carbonyl (C=O) groups is 1. The molecule has 3 aliphatic carbocycles. The number of benzene rings is 1. The first-order valence-corrected chi connectivity index (χ1v) is 11.5. The van der Waals surface area contributed by atoms with Crippen LogP contribution in [0.25, 0.3) is 11.1 Å². The molecule has 2 bridgehead atoms. The standard InChI is InChI=1S/C24H27N5O3/c1-13-9-20(24(30)26-22-15-10-16(22)11-15)27-28-23(13)29-7-5-17(6-8-29)32-18-3-4-19-21(12-18)31-14(2)25-19/h3-4,9,12,15-17,22H,5-8,10-11H2,1-2H3,(H,26,30). The molecule has 1 saturated heterocycles. The molecule has 1 N–H and O–H groups in total. The lowest BCUT2D eigenvalue weighted by molar-refractivity contribution is -0.0367. The minimum absolute atomic E-state index is 0.0995. The van der Waals surface area contributed by atoms with Gasteiger partial charge in [-0.05, 0) is 55.4 Å². The predicted molar refractivity (Wildman–Crippen MR) is 119 cm³/mol. The van der Waals surface area contributed by atoms with Crippen LogP contribution in [0.2, 0.25) is 0 Å². The zero-order valence-electron chi connectivity index (χ0n) is 18.4. The summed E-state index contributed by atoms with van der Waals surface area (Å²) >= 11 is 0. The van der Waals surface area contributed by atoms with Crippen molar-refractivity contribution < 1.29 is 13.9 Å². The summed E-state index contributed by atoms with van der Waals surface area (Å²) in [5, 5.41) is 11.8. The van der Waals surface area contributed by atoms with Crippen molar-refractivity contribution in [2.75, 3.05) is 18.0 Å². The Hall–Kier alpha value is -3.16. The van der Waals surface area contributed by atoms with Crippen LogP contribution in [0, 0.1) is 25.7 Å². The molecule has 0 radical (unpaired) electrons. The van der Waals surface area contributed by atoms with E-state index in [9.17, 15) is 4.79 Å². The molecule has 0 atom stereocenters. The zero-order valence-corrected chi connectivity index (χ0v) is 18.4. The van der Waals surface area contributed by atoms with E-state index >= 15 is 0 Å². The Balaban J connectivity index is 1.06. The fourth-order valence-corrected chi connectivity index (χ4v) is 5.12. The highest BCUT2D eigenvalue weighted by Crippen LogP contribution is 2.53. The molecule has 7 rings (SSSR count). The van der Waals surface area contributed by atoms with Gasteiger partial charge in [-0.15, -0.1) is 10.2 Å². The SMILES string of the molecule is Cc1nc2ccc(OC3CCN(c4nnc(C(=O)NC5C6CC5C6)cc4C)CC3)cc2o1. The number of nitrogens with zero attached hydrogens (tertiary/aromatic N) is 4. The molecule has 166 valence electrons. The molecule has 0 spiro atoms. The first-order valence-electron chi connectivity index (χ1n) is 11.5. The van der Waals surface area contributed by atoms with Crippen molar-refractivity contribution in [3.63, 3.8) is 0 Å². The number of hydrogen-bond acceptors (Lipinski definition) is 7. The fourth-order valence-electron chi connectivity index (χ4n) is 5.12. The third-order valence-electron chi connectivity index (χ3n) is 7.23. The van der Waals surface area contributed by atoms with E-state index in [1.165, 1.54) is 12.8 Å². The first kappa shape index (κ1) is 19.5. The number of nitrogens with one attached hydrogen (secondary N) is 1. The summed E-state index contributed by atoms with van der Waals surface area (Å²) < 4.78 is 11.8. The van der Waals surface area contributed by atoms with Crippen LogP contribution in [0.15, 0.2) is 28.7 Å². The second kappa shape index (κ2) is 7.46. The normalized spacial score (nSPS) is 24.7. The molecular weight excluding hydrogens is 406 g/mol. The zero-order chi connectivity index (χ0) is 21.8. The quantitative estimate of drug-likeness (QED) is 0.659. The molecule has 4 aliphatic rings. The average Bonchev–Trinajstić information content (AvgIpc) is 3.10. The van der Waals surface area contributed by atoms with Gasteiger partial charge in [0, 0.05) is 45.0 Å². The topological polar surface area (TPSA) is 93.4 Å². The third kappa shape index (κ3) is 3.38. The molecule has 3 heterocycles. The molecule has 1 amide bonds. The summed E-state index contributed by atoms with van der Waals surface area (Å²) in [7, 11) is 0. The number of ether oxygens (including phenoxy) is 1. The largest absolute Gasteiger partial charge is 0.490 e. The summed E-state index contributed by atoms with van der Waals surface area (Å²) in [4.78, 5) is 19.1. The van der Waals surface area contributed by atoms with E-state index < -0.39 is 0 Å². The number of rotatable bonds is 5. The lowest BCUT2D eigenvalue weighted by Crippen LogP contribution is -2.63. The van der Waals surface area contributed by atoms with Crippen molar-refractivity contribution in [1.82, 2.24) is 20.5 Å². The maximum atomic E-state index is 12.5. The molecule has 8 heteroatoms. The Morgan fingerprint density at radius 2 is 1.91 bits per heavy atom. The van der Waals surface area contributed by atoms with Gasteiger partial charge in [0.2, 0.25) is 0 Å². The molecule has 3 saturated carbocycles. The molecule has 3 aromatic rings. The van der Waals surface area contributed by atoms with Crippen molar-refractivity contribution in [3.8, 4) is 5.75 Å². The maximum absolute atomic E-state index is 12.5. The number of amides is 1. The predicted octanol–water partition coefficient (Wildman–Crippen LogP) is 3.42. The van der Waals surface area contributed by atoms with Crippen LogP contribution >= 0.6 is 0 Å². The van der Waals surface area contributed by atoms with Gasteiger partial charge in [-0.2, -0.15) is 0 Å². The number of aromatic nitrogens is 3. The van der Waals surface area contributed by atoms with E-state index in [4.69, 9.17) is 9.15 Å². The molecule has 0 unspecified atom stereocenters. The van der Waals surface area contributed by atoms with E-state index in [0.717, 1.165) is 54.2 Å². The van der Waals surface area contributed by atoms with Crippen LogP contribution < -0.4 is 15.0 Å². The molecule has 1 aromatic carbocycles. The van der Waals surface area contributed by atoms with Crippen LogP contribution in [0.5, 0.6) is 5.75 Å². The lowest BCUT2D eigenvalue weighted by Gasteiger charge is -2.58. The van der Waals surface area contributed by atoms with E-state index in [0.29, 0.717) is 29.5 Å². The van der Waals surface area contributed by atoms with Gasteiger partial charge in [-0.3, -0.25) is 4.79 Å². The highest BCUT2D eigenvalue weighted by molar-refractivity contribution is 5.93. The highest BCUT2D eigenvalue weighted by Gasteiger charge is 2.53. The van der Waals surface area contributed by atoms with Gasteiger partial charge >= 0.3 is 0 Å². The highest BCUT2D eigenvalue weighted by atomic mass is 16.5. The lowest BCUT2D eigenvalue weighted by atomic mass is 9.52. The molecule has 32 heavy (non-hydrogen) atoms. The Bertz CT molecular complexity index is 1170. The Kier molecular flexibility index (Phi) is 4.55. The van der Waals surface area contributed by atoms with Gasteiger partial charge < -0.3 is 19.4 Å². The Morgan fingerprint density at radius 3 is 2.59 bits per heavy atom. The minimum Gasteiger partial charge on any atom is -0.490 e. The van der Waals surface area contributed by atoms with Crippen LogP contribution in [0.3, 0.4) is 0 Å². The van der Waals surface area contributed by atoms with Crippen LogP contribution in [0.4, 0.5) is 5.82 Å². The maximum Gasteiger partial charge on any atom is 0.272 e. The number of aryl methyl sites for hydroxylation is 2. The minimum atomic E-state index is -0.0995. The number of piperidine rings is 1. The van der Waals surface area contributed by atoms with Crippen LogP contribution in [0.1, 0.15) is 47.6 Å². The van der Waals surface area contributed by atoms with E-state index in [2.05, 4.69) is 25.4 Å². The van der Waals surface area contributed by atoms with Crippen LogP contribution in [-0.2, 0) is 0 Å². The molecule has 8 nitrogen and oxygen atoms in total. The van der Waals surface area contributed by atoms with E-state index in [-0.39, 0.29) is 12.0 Å². The number of oxazole rings is 1. The average molecular weight is 434 g/mol. The fraction of sp³-hybridized carbons (Fsp3) is 0.500. The van der Waals surface area contributed by atoms with E-state index in [1.807, 2.05) is 38.1 Å². The summed E-state index contributed by atoms with van der Waals surface area (Å²) in [6.07, 6.45) is 4.45. The van der Waals surface area contributed by atoms with Crippen molar-refractivity contribution in [2.45, 2.75) is 51.7 Å². The van der Waals surface area contributed by atoms with Gasteiger partial charge in [0.15, 0.2) is 23.0 Å². The van der Waals surface area contributed by atoms with Crippen molar-refractivity contribution in [3.05, 3.63) is 41.4 Å². The van der Waals surface area contributed by atoms with Crippen molar-refractivity contribution in [1.29, 1.82) is 0 Å². The van der Waals surface area contributed by atoms with Crippen molar-refractivity contribution in [2.24, 2.45) is 11.8 Å². The second-order valence-corrected chi connectivity index (χ2v) is 9.39. The second-order valence-electron chi connectivity index (χ2n) is 9.39. The van der Waals surface area contributed by atoms with Gasteiger partial charge in [0.1, 0.15) is 17.4 Å². The van der Waals surface area contributed by atoms with Gasteiger partial charge in [-0.1, -0.05) is 0 Å². The van der Waals surface area contributed by atoms with Gasteiger partial charge in [-0.25, -0.2) is 4.98 Å². The Labute approximate surface area is 186 Å². The van der Waals surface area contributed by atoms with Gasteiger partial charge in [0.05, 0.1) is 0 Å². The van der Waals surface area contributed by atoms with Gasteiger partial charge in [0.25, 0.3) is 5.91 Å². The molecule has 2 aromatic heterocycles.